The maximum atomic E-state index is 12.7. The van der Waals surface area contributed by atoms with Crippen LogP contribution in [0.5, 0.6) is 0 Å². The molecule has 2 aromatic heterocycles. The first-order chi connectivity index (χ1) is 19.9. The van der Waals surface area contributed by atoms with E-state index in [9.17, 15) is 10.1 Å². The molecular formula is C31H29ClN8O. The summed E-state index contributed by atoms with van der Waals surface area (Å²) in [6.45, 7) is 2.09. The minimum atomic E-state index is -0.480. The molecule has 0 saturated carbocycles. The number of H-pyrrole nitrogens is 1. The summed E-state index contributed by atoms with van der Waals surface area (Å²) in [4.78, 5) is 18.9. The van der Waals surface area contributed by atoms with Crippen LogP contribution in [0.3, 0.4) is 0 Å². The predicted octanol–water partition coefficient (Wildman–Crippen LogP) is 6.34. The lowest BCUT2D eigenvalue weighted by atomic mass is 9.99. The van der Waals surface area contributed by atoms with Gasteiger partial charge in [0.15, 0.2) is 0 Å². The van der Waals surface area contributed by atoms with Crippen molar-refractivity contribution in [1.82, 2.24) is 25.3 Å². The van der Waals surface area contributed by atoms with Gasteiger partial charge in [-0.3, -0.25) is 9.78 Å². The molecule has 5 aromatic rings. The van der Waals surface area contributed by atoms with Crippen LogP contribution in [0.4, 0.5) is 11.4 Å². The van der Waals surface area contributed by atoms with Crippen LogP contribution in [0.25, 0.3) is 10.9 Å². The van der Waals surface area contributed by atoms with Crippen molar-refractivity contribution in [2.24, 2.45) is 0 Å². The molecule has 0 unspecified atom stereocenters. The van der Waals surface area contributed by atoms with Crippen LogP contribution in [0.15, 0.2) is 79.1 Å². The SMILES string of the molecule is CC[C@@H](Nc1c(C#N)cnc2c(N[C@@H](c3cccc(C(=O)N(C)C)c3)c3cn[nH]n3)cc(Cl)cc12)c1ccccc1. The summed E-state index contributed by atoms with van der Waals surface area (Å²) in [5, 5.41) is 29.3. The van der Waals surface area contributed by atoms with E-state index in [0.717, 1.165) is 17.5 Å². The van der Waals surface area contributed by atoms with Gasteiger partial charge in [-0.15, -0.1) is 0 Å². The van der Waals surface area contributed by atoms with Crippen LogP contribution in [0.2, 0.25) is 5.02 Å². The monoisotopic (exact) mass is 564 g/mol. The number of carbonyl (C=O) groups excluding carboxylic acids is 1. The van der Waals surface area contributed by atoms with Crippen molar-refractivity contribution < 1.29 is 4.79 Å². The highest BCUT2D eigenvalue weighted by Gasteiger charge is 2.22. The van der Waals surface area contributed by atoms with E-state index >= 15 is 0 Å². The van der Waals surface area contributed by atoms with Gasteiger partial charge in [0.1, 0.15) is 11.8 Å². The highest BCUT2D eigenvalue weighted by atomic mass is 35.5. The number of pyridine rings is 1. The van der Waals surface area contributed by atoms with Gasteiger partial charge in [-0.05, 0) is 41.8 Å². The lowest BCUT2D eigenvalue weighted by molar-refractivity contribution is 0.0827. The Morgan fingerprint density at radius 3 is 2.51 bits per heavy atom. The van der Waals surface area contributed by atoms with Gasteiger partial charge in [0.2, 0.25) is 0 Å². The highest BCUT2D eigenvalue weighted by Crippen LogP contribution is 2.38. The number of amides is 1. The number of nitrogens with one attached hydrogen (secondary N) is 3. The second-order valence-electron chi connectivity index (χ2n) is 9.82. The van der Waals surface area contributed by atoms with E-state index in [4.69, 9.17) is 11.6 Å². The minimum Gasteiger partial charge on any atom is -0.377 e. The molecule has 0 radical (unpaired) electrons. The van der Waals surface area contributed by atoms with E-state index < -0.39 is 6.04 Å². The number of nitrogens with zero attached hydrogens (tertiary/aromatic N) is 5. The maximum Gasteiger partial charge on any atom is 0.253 e. The minimum absolute atomic E-state index is 0.0239. The number of nitriles is 1. The molecule has 0 fully saturated rings. The molecule has 0 aliphatic heterocycles. The number of halogens is 1. The molecule has 5 rings (SSSR count). The van der Waals surface area contributed by atoms with E-state index in [1.807, 2.05) is 42.5 Å². The van der Waals surface area contributed by atoms with Crippen LogP contribution < -0.4 is 10.6 Å². The Hall–Kier alpha value is -4.94. The van der Waals surface area contributed by atoms with Crippen molar-refractivity contribution in [3.63, 3.8) is 0 Å². The Morgan fingerprint density at radius 1 is 1.05 bits per heavy atom. The first-order valence-electron chi connectivity index (χ1n) is 13.2. The molecule has 3 N–H and O–H groups in total. The molecule has 2 atom stereocenters. The Balaban J connectivity index is 1.61. The zero-order chi connectivity index (χ0) is 28.9. The van der Waals surface area contributed by atoms with Gasteiger partial charge in [0.25, 0.3) is 5.91 Å². The third kappa shape index (κ3) is 5.83. The van der Waals surface area contributed by atoms with Crippen LogP contribution >= 0.6 is 11.6 Å². The van der Waals surface area contributed by atoms with Crippen LogP contribution in [0.1, 0.15) is 58.2 Å². The fraction of sp³-hybridized carbons (Fsp3) is 0.194. The third-order valence-electron chi connectivity index (χ3n) is 6.89. The van der Waals surface area contributed by atoms with E-state index in [0.29, 0.717) is 44.1 Å². The Labute approximate surface area is 243 Å². The van der Waals surface area contributed by atoms with Crippen molar-refractivity contribution in [3.05, 3.63) is 112 Å². The summed E-state index contributed by atoms with van der Waals surface area (Å²) < 4.78 is 0. The smallest absolute Gasteiger partial charge is 0.253 e. The molecule has 0 saturated heterocycles. The molecule has 2 heterocycles. The number of rotatable bonds is 9. The number of hydrogen-bond acceptors (Lipinski definition) is 7. The number of fused-ring (bicyclic) bond motifs is 1. The summed E-state index contributed by atoms with van der Waals surface area (Å²) in [7, 11) is 3.43. The Bertz CT molecular complexity index is 1710. The average Bonchev–Trinajstić information content (AvgIpc) is 3.53. The van der Waals surface area contributed by atoms with Crippen molar-refractivity contribution in [2.75, 3.05) is 24.7 Å². The second kappa shape index (κ2) is 12.1. The Morgan fingerprint density at radius 2 is 1.83 bits per heavy atom. The fourth-order valence-electron chi connectivity index (χ4n) is 4.84. The molecule has 0 aliphatic rings. The summed E-state index contributed by atoms with van der Waals surface area (Å²) in [5.74, 6) is -0.107. The summed E-state index contributed by atoms with van der Waals surface area (Å²) in [5.41, 5.74) is 5.45. The number of carbonyl (C=O) groups is 1. The number of aromatic amines is 1. The summed E-state index contributed by atoms with van der Waals surface area (Å²) in [6.07, 6.45) is 4.01. The number of hydrogen-bond donors (Lipinski definition) is 3. The van der Waals surface area contributed by atoms with Gasteiger partial charge in [-0.2, -0.15) is 20.7 Å². The molecule has 41 heavy (non-hydrogen) atoms. The van der Waals surface area contributed by atoms with E-state index in [1.165, 1.54) is 4.90 Å². The maximum absolute atomic E-state index is 12.7. The first-order valence-corrected chi connectivity index (χ1v) is 13.5. The Kier molecular flexibility index (Phi) is 8.13. The van der Waals surface area contributed by atoms with E-state index in [-0.39, 0.29) is 11.9 Å². The lowest BCUT2D eigenvalue weighted by Crippen LogP contribution is -2.22. The van der Waals surface area contributed by atoms with Gasteiger partial charge < -0.3 is 15.5 Å². The zero-order valence-electron chi connectivity index (χ0n) is 22.9. The van der Waals surface area contributed by atoms with Gasteiger partial charge >= 0.3 is 0 Å². The molecule has 10 heteroatoms. The molecule has 0 spiro atoms. The lowest BCUT2D eigenvalue weighted by Gasteiger charge is -2.23. The highest BCUT2D eigenvalue weighted by molar-refractivity contribution is 6.32. The third-order valence-corrected chi connectivity index (χ3v) is 7.11. The second-order valence-corrected chi connectivity index (χ2v) is 10.3. The van der Waals surface area contributed by atoms with Crippen LogP contribution in [0, 0.1) is 11.3 Å². The summed E-state index contributed by atoms with van der Waals surface area (Å²) >= 11 is 6.67. The normalized spacial score (nSPS) is 12.4. The number of aromatic nitrogens is 4. The predicted molar refractivity (Wildman–Crippen MR) is 161 cm³/mol. The topological polar surface area (TPSA) is 123 Å². The first kappa shape index (κ1) is 27.6. The van der Waals surface area contributed by atoms with Gasteiger partial charge in [-0.1, -0.05) is 61.0 Å². The molecule has 0 aliphatic carbocycles. The molecular weight excluding hydrogens is 536 g/mol. The molecule has 1 amide bonds. The zero-order valence-corrected chi connectivity index (χ0v) is 23.6. The summed E-state index contributed by atoms with van der Waals surface area (Å²) in [6, 6.07) is 22.9. The van der Waals surface area contributed by atoms with Gasteiger partial charge in [-0.25, -0.2) is 0 Å². The van der Waals surface area contributed by atoms with Crippen molar-refractivity contribution >= 4 is 39.8 Å². The van der Waals surface area contributed by atoms with Crippen molar-refractivity contribution in [1.29, 1.82) is 5.26 Å². The molecule has 0 bridgehead atoms. The fourth-order valence-corrected chi connectivity index (χ4v) is 5.06. The number of anilines is 2. The van der Waals surface area contributed by atoms with Crippen molar-refractivity contribution in [2.45, 2.75) is 25.4 Å². The standard InChI is InChI=1S/C31H29ClN8O/c1-4-25(19-9-6-5-7-10-19)36-28-22(16-33)17-34-30-24(28)14-23(32)15-26(30)37-29(27-18-35-39-38-27)20-11-8-12-21(13-20)31(41)40(2)3/h5-15,17-18,25,29,37H,4H2,1-3H3,(H,34,36)(H,35,38,39)/t25-,29+/m1/s1. The largest absolute Gasteiger partial charge is 0.377 e. The van der Waals surface area contributed by atoms with Crippen LogP contribution in [-0.2, 0) is 0 Å². The average molecular weight is 565 g/mol. The van der Waals surface area contributed by atoms with E-state index in [2.05, 4.69) is 56.2 Å². The molecule has 206 valence electrons. The molecule has 3 aromatic carbocycles. The van der Waals surface area contributed by atoms with E-state index in [1.54, 1.807) is 38.6 Å². The van der Waals surface area contributed by atoms with Gasteiger partial charge in [0, 0.05) is 36.3 Å². The molecule has 9 nitrogen and oxygen atoms in total. The van der Waals surface area contributed by atoms with Crippen molar-refractivity contribution in [3.8, 4) is 6.07 Å². The van der Waals surface area contributed by atoms with Crippen LogP contribution in [-0.4, -0.2) is 45.3 Å². The van der Waals surface area contributed by atoms with Gasteiger partial charge in [0.05, 0.1) is 40.7 Å². The quantitative estimate of drug-likeness (QED) is 0.191. The number of benzene rings is 3.